The van der Waals surface area contributed by atoms with Crippen molar-refractivity contribution in [3.05, 3.63) is 35.0 Å². The van der Waals surface area contributed by atoms with Crippen LogP contribution in [0, 0.1) is 11.7 Å². The number of hydrogen-bond donors (Lipinski definition) is 1. The molecule has 1 N–H and O–H groups in total. The van der Waals surface area contributed by atoms with Gasteiger partial charge in [-0.05, 0) is 44.7 Å². The van der Waals surface area contributed by atoms with E-state index in [1.165, 1.54) is 31.5 Å². The molecule has 0 atom stereocenters. The second kappa shape index (κ2) is 9.66. The van der Waals surface area contributed by atoms with Gasteiger partial charge in [-0.2, -0.15) is 0 Å². The van der Waals surface area contributed by atoms with Crippen molar-refractivity contribution in [1.82, 2.24) is 19.5 Å². The Morgan fingerprint density at radius 1 is 1.20 bits per heavy atom. The third-order valence-corrected chi connectivity index (χ3v) is 7.53. The van der Waals surface area contributed by atoms with Crippen LogP contribution in [0.15, 0.2) is 18.3 Å². The summed E-state index contributed by atoms with van der Waals surface area (Å²) in [5.74, 6) is 1.87. The zero-order valence-electron chi connectivity index (χ0n) is 21.9. The van der Waals surface area contributed by atoms with E-state index in [1.54, 1.807) is 14.2 Å². The van der Waals surface area contributed by atoms with Crippen molar-refractivity contribution in [2.75, 3.05) is 19.5 Å². The summed E-state index contributed by atoms with van der Waals surface area (Å²) in [6.45, 7) is 11.0. The summed E-state index contributed by atoms with van der Waals surface area (Å²) in [7, 11) is 3.47. The highest BCUT2D eigenvalue weighted by molar-refractivity contribution is 6.33. The van der Waals surface area contributed by atoms with Gasteiger partial charge in [-0.25, -0.2) is 19.3 Å². The van der Waals surface area contributed by atoms with Crippen molar-refractivity contribution in [1.29, 1.82) is 0 Å². The maximum Gasteiger partial charge on any atom is 0.223 e. The Hall–Kier alpha value is -2.25. The minimum absolute atomic E-state index is 0.0660. The Labute approximate surface area is 212 Å². The topological polar surface area (TPSA) is 64.9 Å². The predicted molar refractivity (Wildman–Crippen MR) is 141 cm³/mol. The highest BCUT2D eigenvalue weighted by atomic mass is 35.5. The van der Waals surface area contributed by atoms with Gasteiger partial charge in [-0.3, -0.25) is 0 Å². The highest BCUT2D eigenvalue weighted by Crippen LogP contribution is 2.80. The lowest BCUT2D eigenvalue weighted by molar-refractivity contribution is 0.130. The summed E-state index contributed by atoms with van der Waals surface area (Å²) in [5.41, 5.74) is 2.05. The van der Waals surface area contributed by atoms with Crippen LogP contribution in [-0.4, -0.2) is 39.3 Å². The monoisotopic (exact) mass is 501 g/mol. The number of aromatic nitrogens is 4. The van der Waals surface area contributed by atoms with Gasteiger partial charge in [-0.1, -0.05) is 51.6 Å². The van der Waals surface area contributed by atoms with Gasteiger partial charge in [0.1, 0.15) is 11.3 Å². The van der Waals surface area contributed by atoms with Crippen molar-refractivity contribution < 1.29 is 9.13 Å². The average Bonchev–Trinajstić information content (AvgIpc) is 3.60. The fraction of sp³-hybridized carbons (Fsp3) is 0.593. The molecule has 0 amide bonds. The molecule has 0 unspecified atom stereocenters. The van der Waals surface area contributed by atoms with E-state index in [2.05, 4.69) is 54.5 Å². The van der Waals surface area contributed by atoms with Gasteiger partial charge in [0, 0.05) is 25.8 Å². The van der Waals surface area contributed by atoms with Crippen molar-refractivity contribution in [2.24, 2.45) is 5.92 Å². The lowest BCUT2D eigenvalue weighted by Crippen LogP contribution is -2.11. The van der Waals surface area contributed by atoms with Gasteiger partial charge < -0.3 is 14.6 Å². The number of imidazole rings is 1. The molecule has 1 aromatic carbocycles. The largest absolute Gasteiger partial charge is 0.377 e. The SMILES string of the molecule is CCCCC(C)C.CNc1ncc(Cl)c(-c2cc(F)c3nc(C45CC4(OC)C5)n(C(C)C)c3c2)n1. The van der Waals surface area contributed by atoms with E-state index < -0.39 is 0 Å². The summed E-state index contributed by atoms with van der Waals surface area (Å²) < 4.78 is 22.9. The molecule has 6 nitrogen and oxygen atoms in total. The second-order valence-corrected chi connectivity index (χ2v) is 10.9. The minimum atomic E-state index is -0.380. The molecular formula is C27H37ClFN5O. The normalized spacial score (nSPS) is 22.3. The number of ether oxygens (including phenoxy) is 1. The van der Waals surface area contributed by atoms with Gasteiger partial charge in [-0.15, -0.1) is 0 Å². The van der Waals surface area contributed by atoms with Crippen LogP contribution in [0.5, 0.6) is 0 Å². The summed E-state index contributed by atoms with van der Waals surface area (Å²) >= 11 is 6.31. The quantitative estimate of drug-likeness (QED) is 0.354. The molecule has 0 bridgehead atoms. The predicted octanol–water partition coefficient (Wildman–Crippen LogP) is 7.17. The molecule has 2 aliphatic carbocycles. The number of anilines is 1. The molecule has 0 radical (unpaired) electrons. The summed E-state index contributed by atoms with van der Waals surface area (Å²) in [6.07, 6.45) is 7.56. The molecule has 35 heavy (non-hydrogen) atoms. The van der Waals surface area contributed by atoms with Crippen LogP contribution < -0.4 is 5.32 Å². The smallest absolute Gasteiger partial charge is 0.223 e. The Balaban J connectivity index is 0.000000364. The highest BCUT2D eigenvalue weighted by Gasteiger charge is 2.87. The van der Waals surface area contributed by atoms with Gasteiger partial charge in [0.05, 0.1) is 33.4 Å². The molecule has 5 rings (SSSR count). The maximum absolute atomic E-state index is 15.1. The molecule has 0 aliphatic heterocycles. The lowest BCUT2D eigenvalue weighted by atomic mass is 10.1. The molecule has 2 saturated carbocycles. The zero-order chi connectivity index (χ0) is 25.5. The van der Waals surface area contributed by atoms with E-state index in [9.17, 15) is 0 Å². The molecular weight excluding hydrogens is 465 g/mol. The summed E-state index contributed by atoms with van der Waals surface area (Å²) in [4.78, 5) is 13.2. The Bertz CT molecular complexity index is 1220. The van der Waals surface area contributed by atoms with Crippen molar-refractivity contribution in [2.45, 2.75) is 83.8 Å². The second-order valence-electron chi connectivity index (χ2n) is 10.5. The van der Waals surface area contributed by atoms with E-state index in [0.717, 1.165) is 30.1 Å². The number of nitrogens with zero attached hydrogens (tertiary/aromatic N) is 4. The van der Waals surface area contributed by atoms with Crippen LogP contribution in [0.1, 0.15) is 78.6 Å². The first-order valence-corrected chi connectivity index (χ1v) is 13.0. The van der Waals surface area contributed by atoms with Gasteiger partial charge in [0.2, 0.25) is 5.95 Å². The fourth-order valence-electron chi connectivity index (χ4n) is 4.99. The van der Waals surface area contributed by atoms with Gasteiger partial charge >= 0.3 is 0 Å². The molecule has 2 fully saturated rings. The Morgan fingerprint density at radius 3 is 2.43 bits per heavy atom. The molecule has 0 saturated heterocycles. The Kier molecular flexibility index (Phi) is 7.13. The number of hydrogen-bond acceptors (Lipinski definition) is 5. The number of rotatable bonds is 8. The number of methoxy groups -OCH3 is 1. The Morgan fingerprint density at radius 2 is 1.91 bits per heavy atom. The maximum atomic E-state index is 15.1. The molecule has 2 aromatic heterocycles. The van der Waals surface area contributed by atoms with Crippen LogP contribution >= 0.6 is 11.6 Å². The van der Waals surface area contributed by atoms with E-state index in [0.29, 0.717) is 27.7 Å². The van der Waals surface area contributed by atoms with Crippen molar-refractivity contribution >= 4 is 28.6 Å². The first kappa shape index (κ1) is 25.8. The zero-order valence-corrected chi connectivity index (χ0v) is 22.6. The van der Waals surface area contributed by atoms with Gasteiger partial charge in [0.15, 0.2) is 5.82 Å². The third kappa shape index (κ3) is 4.53. The number of fused-ring (bicyclic) bond motifs is 2. The number of benzene rings is 1. The van der Waals surface area contributed by atoms with Crippen molar-refractivity contribution in [3.63, 3.8) is 0 Å². The molecule has 8 heteroatoms. The van der Waals surface area contributed by atoms with Crippen LogP contribution in [0.25, 0.3) is 22.3 Å². The van der Waals surface area contributed by atoms with Crippen LogP contribution in [0.4, 0.5) is 10.3 Å². The average molecular weight is 502 g/mol. The van der Waals surface area contributed by atoms with E-state index >= 15 is 4.39 Å². The van der Waals surface area contributed by atoms with E-state index in [-0.39, 0.29) is 22.9 Å². The minimum Gasteiger partial charge on any atom is -0.377 e. The number of unbranched alkanes of at least 4 members (excludes halogenated alkanes) is 1. The van der Waals surface area contributed by atoms with E-state index in [1.807, 2.05) is 6.07 Å². The van der Waals surface area contributed by atoms with Gasteiger partial charge in [0.25, 0.3) is 0 Å². The van der Waals surface area contributed by atoms with Crippen molar-refractivity contribution in [3.8, 4) is 11.3 Å². The third-order valence-electron chi connectivity index (χ3n) is 7.26. The molecule has 190 valence electrons. The number of nitrogens with one attached hydrogen (secondary N) is 1. The van der Waals surface area contributed by atoms with E-state index in [4.69, 9.17) is 21.3 Å². The standard InChI is InChI=1S/C20H21ClFN5O.C7H16/c1-10(2)27-14-6-11(15-12(21)7-24-18(23-3)26-15)5-13(22)16(14)25-17(27)19-8-20(19,9-19)28-4;1-4-5-6-7(2)3/h5-7,10H,8-9H2,1-4H3,(H,23,24,26);7H,4-6H2,1-3H3. The lowest BCUT2D eigenvalue weighted by Gasteiger charge is -2.15. The van der Waals surface area contributed by atoms with Crippen LogP contribution in [-0.2, 0) is 10.2 Å². The fourth-order valence-corrected chi connectivity index (χ4v) is 5.19. The number of halogens is 2. The summed E-state index contributed by atoms with van der Waals surface area (Å²) in [6, 6.07) is 3.49. The molecule has 0 spiro atoms. The molecule has 2 aliphatic rings. The van der Waals surface area contributed by atoms with Crippen LogP contribution in [0.3, 0.4) is 0 Å². The molecule has 2 heterocycles. The summed E-state index contributed by atoms with van der Waals surface area (Å²) in [5, 5.41) is 3.26. The first-order chi connectivity index (χ1) is 16.6. The molecule has 3 aromatic rings. The van der Waals surface area contributed by atoms with Crippen LogP contribution in [0.2, 0.25) is 5.02 Å². The first-order valence-electron chi connectivity index (χ1n) is 12.6.